The second kappa shape index (κ2) is 9.54. The van der Waals surface area contributed by atoms with E-state index in [9.17, 15) is 9.59 Å². The van der Waals surface area contributed by atoms with Gasteiger partial charge in [-0.2, -0.15) is 0 Å². The Kier molecular flexibility index (Phi) is 6.85. The van der Waals surface area contributed by atoms with Gasteiger partial charge in [-0.05, 0) is 73.9 Å². The predicted octanol–water partition coefficient (Wildman–Crippen LogP) is 4.84. The van der Waals surface area contributed by atoms with Gasteiger partial charge in [0.2, 0.25) is 0 Å². The van der Waals surface area contributed by atoms with Crippen molar-refractivity contribution in [1.82, 2.24) is 0 Å². The van der Waals surface area contributed by atoms with Gasteiger partial charge < -0.3 is 9.47 Å². The molecule has 148 valence electrons. The molecule has 0 saturated carbocycles. The number of carbonyl (C=O) groups is 2. The van der Waals surface area contributed by atoms with Crippen molar-refractivity contribution < 1.29 is 19.1 Å². The van der Waals surface area contributed by atoms with Crippen LogP contribution in [0.1, 0.15) is 65.7 Å². The Bertz CT molecular complexity index is 836. The predicted molar refractivity (Wildman–Crippen MR) is 109 cm³/mol. The van der Waals surface area contributed by atoms with Gasteiger partial charge in [-0.3, -0.25) is 4.79 Å². The number of carbonyl (C=O) groups excluding carboxylic acids is 2. The van der Waals surface area contributed by atoms with Gasteiger partial charge in [-0.15, -0.1) is 0 Å². The van der Waals surface area contributed by atoms with E-state index in [1.807, 2.05) is 36.4 Å². The van der Waals surface area contributed by atoms with Crippen LogP contribution in [0.3, 0.4) is 0 Å². The average Bonchev–Trinajstić information content (AvgIpc) is 3.18. The van der Waals surface area contributed by atoms with Gasteiger partial charge in [-0.25, -0.2) is 4.79 Å². The van der Waals surface area contributed by atoms with Gasteiger partial charge >= 0.3 is 11.9 Å². The number of rotatable bonds is 8. The fraction of sp³-hybridized carbons (Fsp3) is 0.417. The number of hydrogen-bond acceptors (Lipinski definition) is 4. The zero-order valence-corrected chi connectivity index (χ0v) is 16.8. The summed E-state index contributed by atoms with van der Waals surface area (Å²) < 4.78 is 10.8. The van der Waals surface area contributed by atoms with E-state index in [0.717, 1.165) is 49.7 Å². The largest absolute Gasteiger partial charge is 0.466 e. The van der Waals surface area contributed by atoms with Gasteiger partial charge in [0.15, 0.2) is 0 Å². The molecule has 0 amide bonds. The van der Waals surface area contributed by atoms with Crippen molar-refractivity contribution in [1.29, 1.82) is 0 Å². The van der Waals surface area contributed by atoms with Crippen molar-refractivity contribution in [3.63, 3.8) is 0 Å². The van der Waals surface area contributed by atoms with Crippen molar-refractivity contribution >= 4 is 11.9 Å². The molecule has 4 heteroatoms. The third-order valence-electron chi connectivity index (χ3n) is 5.20. The van der Waals surface area contributed by atoms with E-state index >= 15 is 0 Å². The number of hydrogen-bond donors (Lipinski definition) is 0. The highest BCUT2D eigenvalue weighted by Gasteiger charge is 2.22. The maximum absolute atomic E-state index is 12.7. The SMILES string of the molecule is CCCCc1ccc(C(=O)Oc2ccc3c(c2CC(=O)OCC)CCC3)cc1. The van der Waals surface area contributed by atoms with E-state index in [1.54, 1.807) is 6.92 Å². The van der Waals surface area contributed by atoms with Crippen molar-refractivity contribution in [3.05, 3.63) is 64.2 Å². The van der Waals surface area contributed by atoms with Crippen LogP contribution in [0.2, 0.25) is 0 Å². The summed E-state index contributed by atoms with van der Waals surface area (Å²) in [5, 5.41) is 0. The minimum absolute atomic E-state index is 0.135. The Hall–Kier alpha value is -2.62. The van der Waals surface area contributed by atoms with E-state index in [1.165, 1.54) is 11.1 Å². The van der Waals surface area contributed by atoms with E-state index in [4.69, 9.17) is 9.47 Å². The first-order chi connectivity index (χ1) is 13.6. The normalized spacial score (nSPS) is 12.5. The molecule has 0 atom stereocenters. The summed E-state index contributed by atoms with van der Waals surface area (Å²) in [5.74, 6) is -0.223. The summed E-state index contributed by atoms with van der Waals surface area (Å²) in [6, 6.07) is 11.4. The lowest BCUT2D eigenvalue weighted by molar-refractivity contribution is -0.142. The number of aryl methyl sites for hydroxylation is 2. The molecule has 1 aliphatic carbocycles. The summed E-state index contributed by atoms with van der Waals surface area (Å²) in [5.41, 5.74) is 4.90. The van der Waals surface area contributed by atoms with E-state index < -0.39 is 5.97 Å². The van der Waals surface area contributed by atoms with Gasteiger partial charge in [0.05, 0.1) is 18.6 Å². The number of benzene rings is 2. The van der Waals surface area contributed by atoms with Crippen LogP contribution in [0.5, 0.6) is 5.75 Å². The van der Waals surface area contributed by atoms with Crippen LogP contribution in [0.25, 0.3) is 0 Å². The van der Waals surface area contributed by atoms with E-state index in [-0.39, 0.29) is 12.4 Å². The monoisotopic (exact) mass is 380 g/mol. The fourth-order valence-corrected chi connectivity index (χ4v) is 3.71. The lowest BCUT2D eigenvalue weighted by Gasteiger charge is -2.14. The third kappa shape index (κ3) is 4.80. The Morgan fingerprint density at radius 3 is 2.50 bits per heavy atom. The molecule has 0 bridgehead atoms. The number of ether oxygens (including phenoxy) is 2. The Morgan fingerprint density at radius 1 is 1.00 bits per heavy atom. The molecule has 0 unspecified atom stereocenters. The quantitative estimate of drug-likeness (QED) is 0.486. The fourth-order valence-electron chi connectivity index (χ4n) is 3.71. The Labute approximate surface area is 166 Å². The molecule has 4 nitrogen and oxygen atoms in total. The summed E-state index contributed by atoms with van der Waals surface area (Å²) in [4.78, 5) is 24.7. The Balaban J connectivity index is 1.79. The maximum Gasteiger partial charge on any atom is 0.343 e. The molecule has 0 saturated heterocycles. The summed E-state index contributed by atoms with van der Waals surface area (Å²) in [6.07, 6.45) is 6.39. The molecule has 3 rings (SSSR count). The standard InChI is InChI=1S/C24H28O4/c1-3-5-7-17-10-12-19(13-11-17)24(26)28-22-15-14-18-8-6-9-20(18)21(22)16-23(25)27-4-2/h10-15H,3-9,16H2,1-2H3. The van der Waals surface area contributed by atoms with Gasteiger partial charge in [-0.1, -0.05) is 31.5 Å². The first-order valence-electron chi connectivity index (χ1n) is 10.2. The highest BCUT2D eigenvalue weighted by Crippen LogP contribution is 2.33. The lowest BCUT2D eigenvalue weighted by Crippen LogP contribution is -2.14. The summed E-state index contributed by atoms with van der Waals surface area (Å²) >= 11 is 0. The second-order valence-electron chi connectivity index (χ2n) is 7.21. The molecular formula is C24H28O4. The molecule has 0 spiro atoms. The lowest BCUT2D eigenvalue weighted by atomic mass is 9.99. The number of esters is 2. The first kappa shape index (κ1) is 20.1. The molecule has 28 heavy (non-hydrogen) atoms. The summed E-state index contributed by atoms with van der Waals surface area (Å²) in [7, 11) is 0. The van der Waals surface area contributed by atoms with Crippen LogP contribution in [0.15, 0.2) is 36.4 Å². The second-order valence-corrected chi connectivity index (χ2v) is 7.21. The zero-order chi connectivity index (χ0) is 19.9. The maximum atomic E-state index is 12.7. The van der Waals surface area contributed by atoms with E-state index in [2.05, 4.69) is 6.92 Å². The zero-order valence-electron chi connectivity index (χ0n) is 16.8. The molecule has 0 N–H and O–H groups in total. The van der Waals surface area contributed by atoms with Crippen LogP contribution in [0.4, 0.5) is 0 Å². The Morgan fingerprint density at radius 2 is 1.79 bits per heavy atom. The molecule has 2 aromatic carbocycles. The number of unbranched alkanes of at least 4 members (excludes halogenated alkanes) is 1. The van der Waals surface area contributed by atoms with Crippen molar-refractivity contribution in [2.24, 2.45) is 0 Å². The highest BCUT2D eigenvalue weighted by molar-refractivity contribution is 5.91. The molecule has 0 heterocycles. The third-order valence-corrected chi connectivity index (χ3v) is 5.20. The smallest absolute Gasteiger partial charge is 0.343 e. The molecule has 2 aromatic rings. The molecular weight excluding hydrogens is 352 g/mol. The van der Waals surface area contributed by atoms with Crippen LogP contribution in [-0.2, 0) is 35.2 Å². The van der Waals surface area contributed by atoms with Crippen LogP contribution < -0.4 is 4.74 Å². The highest BCUT2D eigenvalue weighted by atomic mass is 16.5. The topological polar surface area (TPSA) is 52.6 Å². The van der Waals surface area contributed by atoms with Gasteiger partial charge in [0, 0.05) is 5.56 Å². The first-order valence-corrected chi connectivity index (χ1v) is 10.2. The van der Waals surface area contributed by atoms with Crippen molar-refractivity contribution in [2.45, 2.75) is 58.8 Å². The van der Waals surface area contributed by atoms with Crippen molar-refractivity contribution in [2.75, 3.05) is 6.61 Å². The van der Waals surface area contributed by atoms with Gasteiger partial charge in [0.25, 0.3) is 0 Å². The van der Waals surface area contributed by atoms with Crippen molar-refractivity contribution in [3.8, 4) is 5.75 Å². The average molecular weight is 380 g/mol. The molecule has 0 radical (unpaired) electrons. The van der Waals surface area contributed by atoms with E-state index in [0.29, 0.717) is 17.9 Å². The van der Waals surface area contributed by atoms with Crippen LogP contribution in [0, 0.1) is 0 Å². The van der Waals surface area contributed by atoms with Crippen LogP contribution >= 0.6 is 0 Å². The summed E-state index contributed by atoms with van der Waals surface area (Å²) in [6.45, 7) is 4.29. The van der Waals surface area contributed by atoms with Crippen LogP contribution in [-0.4, -0.2) is 18.5 Å². The van der Waals surface area contributed by atoms with Gasteiger partial charge in [0.1, 0.15) is 5.75 Å². The molecule has 1 aliphatic rings. The number of fused-ring (bicyclic) bond motifs is 1. The molecule has 0 fully saturated rings. The minimum Gasteiger partial charge on any atom is -0.466 e. The molecule has 0 aromatic heterocycles. The molecule has 0 aliphatic heterocycles. The minimum atomic E-state index is -0.398.